The molecule has 0 aromatic heterocycles. The molecule has 0 unspecified atom stereocenters. The van der Waals surface area contributed by atoms with Crippen molar-refractivity contribution in [3.63, 3.8) is 0 Å². The van der Waals surface area contributed by atoms with Gasteiger partial charge in [0.05, 0.1) is 13.2 Å². The summed E-state index contributed by atoms with van der Waals surface area (Å²) in [5.74, 6) is 0. The fraction of sp³-hybridized carbons (Fsp3) is 0.231. The molecule has 0 saturated carbocycles. The first kappa shape index (κ1) is 62.2. The van der Waals surface area contributed by atoms with Gasteiger partial charge in [0.1, 0.15) is 12.6 Å². The molecule has 0 atom stereocenters. The van der Waals surface area contributed by atoms with Crippen LogP contribution in [-0.4, -0.2) is 67.3 Å². The number of aliphatic hydroxyl groups excluding tert-OH is 3. The summed E-state index contributed by atoms with van der Waals surface area (Å²) in [7, 11) is 1.50. The zero-order valence-corrected chi connectivity index (χ0v) is 44.8. The third kappa shape index (κ3) is 24.9. The van der Waals surface area contributed by atoms with Crippen LogP contribution in [0.15, 0.2) is 176 Å². The van der Waals surface area contributed by atoms with Crippen LogP contribution in [0.2, 0.25) is 0 Å². The predicted octanol–water partition coefficient (Wildman–Crippen LogP) is 7.39. The first-order chi connectivity index (χ1) is 29.4. The molecule has 6 aliphatic rings. The van der Waals surface area contributed by atoms with Gasteiger partial charge in [0.25, 0.3) is 0 Å². The Morgan fingerprint density at radius 2 is 0.937 bits per heavy atom. The summed E-state index contributed by atoms with van der Waals surface area (Å²) in [6.45, 7) is 4.02. The van der Waals surface area contributed by atoms with Crippen molar-refractivity contribution in [2.45, 2.75) is 52.4 Å². The van der Waals surface area contributed by atoms with E-state index in [0.717, 1.165) is 76.3 Å². The van der Waals surface area contributed by atoms with E-state index >= 15 is 0 Å². The number of carbonyl (C=O) groups excluding carboxylic acids is 4. The average molecular weight is 1070 g/mol. The summed E-state index contributed by atoms with van der Waals surface area (Å²) >= 11 is 0. The third-order valence-corrected chi connectivity index (χ3v) is 8.53. The van der Waals surface area contributed by atoms with Crippen molar-refractivity contribution in [1.82, 2.24) is 0 Å². The molecule has 0 fully saturated rings. The first-order valence-electron chi connectivity index (χ1n) is 19.6. The van der Waals surface area contributed by atoms with Gasteiger partial charge in [-0.05, 0) is 56.7 Å². The Labute approximate surface area is 449 Å². The van der Waals surface area contributed by atoms with E-state index in [-0.39, 0.29) is 118 Å². The molecule has 6 aliphatic carbocycles. The zero-order valence-electron chi connectivity index (χ0n) is 36.3. The molecule has 8 nitrogen and oxygen atoms in total. The Balaban J connectivity index is 0. The Bertz CT molecular complexity index is 2120. The van der Waals surface area contributed by atoms with E-state index in [1.165, 1.54) is 7.05 Å². The summed E-state index contributed by atoms with van der Waals surface area (Å²) in [5, 5.41) is 27.4. The summed E-state index contributed by atoms with van der Waals surface area (Å²) in [4.78, 5) is 43.0. The smallest absolute Gasteiger partial charge is 0.145 e. The number of aldehydes is 4. The van der Waals surface area contributed by atoms with E-state index < -0.39 is 0 Å². The average Bonchev–Trinajstić information content (AvgIpc) is 4.16. The van der Waals surface area contributed by atoms with Gasteiger partial charge in [0, 0.05) is 117 Å². The van der Waals surface area contributed by atoms with E-state index in [1.807, 2.05) is 68.5 Å². The molecule has 0 aromatic carbocycles. The number of allylic oxidation sites excluding steroid dienone is 32. The molecule has 3 radical (unpaired) electrons. The minimum absolute atomic E-state index is 0. The van der Waals surface area contributed by atoms with Crippen molar-refractivity contribution in [3.8, 4) is 0 Å². The van der Waals surface area contributed by atoms with Gasteiger partial charge >= 0.3 is 0 Å². The van der Waals surface area contributed by atoms with E-state index in [9.17, 15) is 24.3 Å². The minimum atomic E-state index is -0.105. The van der Waals surface area contributed by atoms with Crippen molar-refractivity contribution < 1.29 is 133 Å². The van der Waals surface area contributed by atoms with Crippen LogP contribution >= 0.6 is 0 Å². The molecule has 0 aromatic rings. The standard InChI is InChI=1S/C17H18O3.C17H12O3.C15H12O.C2H6.CH5N.3Y/c2*18-10-15-4-1-13(7-15)2-5-16(11-19)8-14-3-6-17(9-14)12-20;16-12-15(11-14-7-3-4-8-14)10-9-13-5-1-2-6-13;2*1-2;;;/h1,3-6,18-20H,7,9-12H2;1,3-6,10-12H,7,9H2;1-5,7,10,12H,6,8H2;1-2H3;2H2,1H3;;;/q3*-2;;;;;. The maximum Gasteiger partial charge on any atom is 0.145 e. The number of carbonyl (C=O) groups is 4. The molecule has 63 heavy (non-hydrogen) atoms. The largest absolute Gasteiger partial charge is 0.406 e. The maximum atomic E-state index is 11.0. The number of rotatable bonds is 16. The number of hydrogen-bond donors (Lipinski definition) is 4. The van der Waals surface area contributed by atoms with Crippen molar-refractivity contribution in [2.24, 2.45) is 5.73 Å². The Morgan fingerprint density at radius 1 is 0.524 bits per heavy atom. The van der Waals surface area contributed by atoms with Gasteiger partial charge < -0.3 is 30.6 Å². The third-order valence-electron chi connectivity index (χ3n) is 8.53. The summed E-state index contributed by atoms with van der Waals surface area (Å²) in [6, 6.07) is 0. The normalized spacial score (nSPS) is 17.1. The van der Waals surface area contributed by atoms with Crippen molar-refractivity contribution in [2.75, 3.05) is 26.9 Å². The van der Waals surface area contributed by atoms with Crippen LogP contribution in [-0.2, 0) is 117 Å². The molecular formula is C52H53NO7Y3-6. The molecule has 0 amide bonds. The quantitative estimate of drug-likeness (QED) is 0.0541. The zero-order chi connectivity index (χ0) is 44.0. The summed E-state index contributed by atoms with van der Waals surface area (Å²) in [5.41, 5.74) is 15.0. The van der Waals surface area contributed by atoms with Crippen LogP contribution in [0.5, 0.6) is 0 Å². The van der Waals surface area contributed by atoms with Crippen molar-refractivity contribution in [1.29, 1.82) is 0 Å². The summed E-state index contributed by atoms with van der Waals surface area (Å²) in [6.07, 6.45) is 57.2. The van der Waals surface area contributed by atoms with Crippen LogP contribution < -0.4 is 5.73 Å². The van der Waals surface area contributed by atoms with E-state index in [4.69, 9.17) is 10.2 Å². The fourth-order valence-electron chi connectivity index (χ4n) is 5.51. The van der Waals surface area contributed by atoms with Crippen LogP contribution in [0.25, 0.3) is 0 Å². The van der Waals surface area contributed by atoms with Gasteiger partial charge in [-0.3, -0.25) is 15.7 Å². The van der Waals surface area contributed by atoms with E-state index in [0.29, 0.717) is 59.8 Å². The second-order valence-corrected chi connectivity index (χ2v) is 12.9. The summed E-state index contributed by atoms with van der Waals surface area (Å²) < 4.78 is 0. The van der Waals surface area contributed by atoms with Crippen LogP contribution in [0, 0.1) is 36.5 Å². The van der Waals surface area contributed by atoms with Crippen molar-refractivity contribution >= 4 is 25.1 Å². The second-order valence-electron chi connectivity index (χ2n) is 12.9. The SMILES string of the molecule is CC.CN.O=CC(=[C-]C1=CC=C(C=O)C1)C=[C-]C1=CC=C(C=O)C1.O=CC(=[C-]C1=CC=CC1)C=[C-]C1=CC=CC1.OCC(=[C-]C1=CC=C(CO)C1)C=[C-]C1=CC=C(CO)C1.[Y].[Y].[Y]. The topological polar surface area (TPSA) is 155 Å². The molecule has 0 aliphatic heterocycles. The molecule has 323 valence electrons. The molecular weight excluding hydrogens is 1020 g/mol. The van der Waals surface area contributed by atoms with Gasteiger partial charge in [-0.15, -0.1) is 53.7 Å². The maximum absolute atomic E-state index is 11.0. The van der Waals surface area contributed by atoms with Gasteiger partial charge in [0.15, 0.2) is 0 Å². The number of nitrogens with two attached hydrogens (primary N) is 1. The monoisotopic (exact) mass is 1070 g/mol. The number of hydrogen-bond acceptors (Lipinski definition) is 8. The van der Waals surface area contributed by atoms with Gasteiger partial charge in [-0.2, -0.15) is 46.6 Å². The minimum Gasteiger partial charge on any atom is -0.406 e. The molecule has 5 N–H and O–H groups in total. The van der Waals surface area contributed by atoms with E-state index in [1.54, 1.807) is 42.5 Å². The molecule has 0 heterocycles. The molecule has 11 heteroatoms. The molecule has 0 bridgehead atoms. The first-order valence-corrected chi connectivity index (χ1v) is 19.6. The Kier molecular flexibility index (Phi) is 38.0. The molecule has 6 rings (SSSR count). The number of aliphatic hydroxyl groups is 3. The van der Waals surface area contributed by atoms with Gasteiger partial charge in [0.2, 0.25) is 0 Å². The van der Waals surface area contributed by atoms with Gasteiger partial charge in [-0.1, -0.05) is 43.2 Å². The fourth-order valence-corrected chi connectivity index (χ4v) is 5.51. The Morgan fingerprint density at radius 3 is 1.40 bits per heavy atom. The van der Waals surface area contributed by atoms with Gasteiger partial charge in [-0.25, -0.2) is 65.3 Å². The second kappa shape index (κ2) is 38.4. The van der Waals surface area contributed by atoms with Crippen molar-refractivity contribution in [3.05, 3.63) is 212 Å². The van der Waals surface area contributed by atoms with Crippen LogP contribution in [0.1, 0.15) is 52.4 Å². The van der Waals surface area contributed by atoms with E-state index in [2.05, 4.69) is 48.3 Å². The molecule has 0 saturated heterocycles. The van der Waals surface area contributed by atoms with Crippen LogP contribution in [0.3, 0.4) is 0 Å². The van der Waals surface area contributed by atoms with Crippen LogP contribution in [0.4, 0.5) is 0 Å². The molecule has 0 spiro atoms. The Hall–Kier alpha value is -2.85. The predicted molar refractivity (Wildman–Crippen MR) is 237 cm³/mol.